The van der Waals surface area contributed by atoms with Crippen LogP contribution in [0.2, 0.25) is 0 Å². The molecule has 7 heteroatoms. The predicted octanol–water partition coefficient (Wildman–Crippen LogP) is 1.37. The lowest BCUT2D eigenvalue weighted by atomic mass is 10.1. The lowest BCUT2D eigenvalue weighted by molar-refractivity contribution is 0.102. The minimum atomic E-state index is -0.345. The van der Waals surface area contributed by atoms with Crippen LogP contribution in [0.5, 0.6) is 5.75 Å². The van der Waals surface area contributed by atoms with Crippen LogP contribution >= 0.6 is 12.2 Å². The Morgan fingerprint density at radius 3 is 2.75 bits per heavy atom. The van der Waals surface area contributed by atoms with E-state index in [1.807, 2.05) is 0 Å². The number of ether oxygens (including phenoxy) is 1. The molecule has 0 radical (unpaired) electrons. The molecule has 0 spiro atoms. The molecule has 3 N–H and O–H groups in total. The van der Waals surface area contributed by atoms with Crippen LogP contribution in [-0.2, 0) is 0 Å². The maximum Gasteiger partial charge on any atom is 0.257 e. The number of amides is 1. The van der Waals surface area contributed by atoms with Gasteiger partial charge in [-0.3, -0.25) is 4.79 Å². The van der Waals surface area contributed by atoms with Crippen LogP contribution in [0, 0.1) is 0 Å². The van der Waals surface area contributed by atoms with Crippen LogP contribution in [0.15, 0.2) is 36.7 Å². The maximum atomic E-state index is 12.1. The van der Waals surface area contributed by atoms with E-state index in [9.17, 15) is 4.79 Å². The van der Waals surface area contributed by atoms with Crippen LogP contribution in [0.1, 0.15) is 15.9 Å². The molecule has 0 saturated carbocycles. The molecular formula is C13H12N4O2S. The Balaban J connectivity index is 2.38. The molecular weight excluding hydrogens is 276 g/mol. The quantitative estimate of drug-likeness (QED) is 0.826. The van der Waals surface area contributed by atoms with Gasteiger partial charge in [0.25, 0.3) is 5.91 Å². The number of aromatic nitrogens is 2. The van der Waals surface area contributed by atoms with Crippen molar-refractivity contribution in [3.05, 3.63) is 47.8 Å². The average Bonchev–Trinajstić information content (AvgIpc) is 2.48. The molecule has 0 aliphatic heterocycles. The Morgan fingerprint density at radius 2 is 2.15 bits per heavy atom. The number of para-hydroxylation sites is 1. The fourth-order valence-corrected chi connectivity index (χ4v) is 1.82. The zero-order chi connectivity index (χ0) is 14.5. The molecule has 2 rings (SSSR count). The molecule has 102 valence electrons. The van der Waals surface area contributed by atoms with Gasteiger partial charge in [0.05, 0.1) is 30.8 Å². The minimum Gasteiger partial charge on any atom is -0.495 e. The van der Waals surface area contributed by atoms with E-state index < -0.39 is 0 Å². The SMILES string of the molecule is COc1cccc(C(N)=S)c1NC(=O)c1ccnnc1. The summed E-state index contributed by atoms with van der Waals surface area (Å²) in [4.78, 5) is 12.3. The van der Waals surface area contributed by atoms with Crippen molar-refractivity contribution in [3.8, 4) is 5.75 Å². The summed E-state index contributed by atoms with van der Waals surface area (Å²) in [6, 6.07) is 6.72. The standard InChI is InChI=1S/C13H12N4O2S/c1-19-10-4-2-3-9(12(14)20)11(10)17-13(18)8-5-6-15-16-7-8/h2-7H,1H3,(H2,14,20)(H,17,18). The molecule has 20 heavy (non-hydrogen) atoms. The highest BCUT2D eigenvalue weighted by molar-refractivity contribution is 7.80. The summed E-state index contributed by atoms with van der Waals surface area (Å²) in [5, 5.41) is 10.0. The van der Waals surface area contributed by atoms with Gasteiger partial charge in [-0.05, 0) is 18.2 Å². The molecule has 0 unspecified atom stereocenters. The summed E-state index contributed by atoms with van der Waals surface area (Å²) in [6.07, 6.45) is 2.80. The summed E-state index contributed by atoms with van der Waals surface area (Å²) < 4.78 is 5.22. The van der Waals surface area contributed by atoms with Crippen molar-refractivity contribution >= 4 is 28.8 Å². The van der Waals surface area contributed by atoms with Gasteiger partial charge in [0, 0.05) is 5.56 Å². The van der Waals surface area contributed by atoms with Gasteiger partial charge in [0.15, 0.2) is 0 Å². The first kappa shape index (κ1) is 13.9. The first-order valence-electron chi connectivity index (χ1n) is 5.68. The number of nitrogens with zero attached hydrogens (tertiary/aromatic N) is 2. The number of anilines is 1. The first-order chi connectivity index (χ1) is 9.63. The van der Waals surface area contributed by atoms with Gasteiger partial charge in [-0.2, -0.15) is 10.2 Å². The molecule has 0 aliphatic rings. The Labute approximate surface area is 121 Å². The number of carbonyl (C=O) groups excluding carboxylic acids is 1. The van der Waals surface area contributed by atoms with E-state index in [0.29, 0.717) is 22.6 Å². The molecule has 1 aromatic heterocycles. The van der Waals surface area contributed by atoms with Gasteiger partial charge >= 0.3 is 0 Å². The number of benzene rings is 1. The highest BCUT2D eigenvalue weighted by atomic mass is 32.1. The van der Waals surface area contributed by atoms with Gasteiger partial charge in [-0.1, -0.05) is 18.3 Å². The zero-order valence-electron chi connectivity index (χ0n) is 10.7. The normalized spacial score (nSPS) is 9.85. The van der Waals surface area contributed by atoms with E-state index >= 15 is 0 Å². The second kappa shape index (κ2) is 6.07. The molecule has 0 aliphatic carbocycles. The van der Waals surface area contributed by atoms with Crippen molar-refractivity contribution in [2.45, 2.75) is 0 Å². The van der Waals surface area contributed by atoms with Gasteiger partial charge in [0.2, 0.25) is 0 Å². The Kier molecular flexibility index (Phi) is 4.21. The third kappa shape index (κ3) is 2.89. The lowest BCUT2D eigenvalue weighted by Crippen LogP contribution is -2.18. The molecule has 0 fully saturated rings. The van der Waals surface area contributed by atoms with Crippen molar-refractivity contribution in [3.63, 3.8) is 0 Å². The van der Waals surface area contributed by atoms with Crippen LogP contribution in [0.25, 0.3) is 0 Å². The zero-order valence-corrected chi connectivity index (χ0v) is 11.5. The summed E-state index contributed by atoms with van der Waals surface area (Å²) in [6.45, 7) is 0. The van der Waals surface area contributed by atoms with Crippen molar-refractivity contribution in [2.75, 3.05) is 12.4 Å². The third-order valence-corrected chi connectivity index (χ3v) is 2.82. The Hall–Kier alpha value is -2.54. The van der Waals surface area contributed by atoms with Gasteiger partial charge in [-0.25, -0.2) is 0 Å². The lowest BCUT2D eigenvalue weighted by Gasteiger charge is -2.14. The molecule has 2 aromatic rings. The third-order valence-electron chi connectivity index (χ3n) is 2.60. The molecule has 0 atom stereocenters. The summed E-state index contributed by atoms with van der Waals surface area (Å²) in [5.74, 6) is 0.132. The van der Waals surface area contributed by atoms with Crippen molar-refractivity contribution < 1.29 is 9.53 Å². The molecule has 1 aromatic carbocycles. The predicted molar refractivity (Wildman–Crippen MR) is 78.9 cm³/mol. The van der Waals surface area contributed by atoms with E-state index in [2.05, 4.69) is 15.5 Å². The fraction of sp³-hybridized carbons (Fsp3) is 0.0769. The Bertz CT molecular complexity index is 646. The maximum absolute atomic E-state index is 12.1. The first-order valence-corrected chi connectivity index (χ1v) is 6.09. The molecule has 1 amide bonds. The van der Waals surface area contributed by atoms with Crippen LogP contribution in [-0.4, -0.2) is 28.2 Å². The van der Waals surface area contributed by atoms with Crippen LogP contribution in [0.3, 0.4) is 0 Å². The van der Waals surface area contributed by atoms with Crippen LogP contribution in [0.4, 0.5) is 5.69 Å². The van der Waals surface area contributed by atoms with Crippen molar-refractivity contribution in [1.82, 2.24) is 10.2 Å². The summed E-state index contributed by atoms with van der Waals surface area (Å²) in [5.41, 5.74) is 7.00. The van der Waals surface area contributed by atoms with E-state index in [1.165, 1.54) is 19.5 Å². The topological polar surface area (TPSA) is 90.1 Å². The van der Waals surface area contributed by atoms with Gasteiger partial charge in [0.1, 0.15) is 10.7 Å². The van der Waals surface area contributed by atoms with E-state index in [0.717, 1.165) is 0 Å². The number of methoxy groups -OCH3 is 1. The minimum absolute atomic E-state index is 0.173. The summed E-state index contributed by atoms with van der Waals surface area (Å²) >= 11 is 4.98. The Morgan fingerprint density at radius 1 is 1.35 bits per heavy atom. The number of rotatable bonds is 4. The number of carbonyl (C=O) groups is 1. The molecule has 6 nitrogen and oxygen atoms in total. The van der Waals surface area contributed by atoms with Crippen molar-refractivity contribution in [2.24, 2.45) is 5.73 Å². The van der Waals surface area contributed by atoms with Gasteiger partial charge < -0.3 is 15.8 Å². The number of nitrogens with two attached hydrogens (primary N) is 1. The number of nitrogens with one attached hydrogen (secondary N) is 1. The molecule has 0 saturated heterocycles. The highest BCUT2D eigenvalue weighted by Gasteiger charge is 2.15. The number of thiocarbonyl (C=S) groups is 1. The van der Waals surface area contributed by atoms with E-state index in [1.54, 1.807) is 24.3 Å². The fourth-order valence-electron chi connectivity index (χ4n) is 1.65. The number of hydrogen-bond donors (Lipinski definition) is 2. The average molecular weight is 288 g/mol. The van der Waals surface area contributed by atoms with Gasteiger partial charge in [-0.15, -0.1) is 0 Å². The highest BCUT2D eigenvalue weighted by Crippen LogP contribution is 2.28. The largest absolute Gasteiger partial charge is 0.495 e. The monoisotopic (exact) mass is 288 g/mol. The second-order valence-corrected chi connectivity index (χ2v) is 4.27. The molecule has 0 bridgehead atoms. The van der Waals surface area contributed by atoms with E-state index in [4.69, 9.17) is 22.7 Å². The smallest absolute Gasteiger partial charge is 0.257 e. The second-order valence-electron chi connectivity index (χ2n) is 3.83. The van der Waals surface area contributed by atoms with Crippen LogP contribution < -0.4 is 15.8 Å². The van der Waals surface area contributed by atoms with Crippen molar-refractivity contribution in [1.29, 1.82) is 0 Å². The summed E-state index contributed by atoms with van der Waals surface area (Å²) in [7, 11) is 1.50. The van der Waals surface area contributed by atoms with E-state index in [-0.39, 0.29) is 10.9 Å². The number of hydrogen-bond acceptors (Lipinski definition) is 5. The molecule has 1 heterocycles.